The summed E-state index contributed by atoms with van der Waals surface area (Å²) in [5, 5.41) is 9.00. The molecule has 16 heavy (non-hydrogen) atoms. The molecule has 0 aliphatic heterocycles. The van der Waals surface area contributed by atoms with Gasteiger partial charge in [0.2, 0.25) is 0 Å². The van der Waals surface area contributed by atoms with Crippen LogP contribution in [0.3, 0.4) is 0 Å². The SMILES string of the molecule is COC1=C(F)C=C(CO)C(OC)C1(F)OC. The number of hydrogen-bond acceptors (Lipinski definition) is 4. The maximum atomic E-state index is 14.4. The standard InChI is InChI=1S/C10H14F2O4/c1-14-8-6(5-13)4-7(11)9(15-2)10(8,12)16-3/h4,8,13H,5H2,1-3H3. The second-order valence-electron chi connectivity index (χ2n) is 3.22. The van der Waals surface area contributed by atoms with Gasteiger partial charge >= 0.3 is 0 Å². The van der Waals surface area contributed by atoms with Gasteiger partial charge in [-0.25, -0.2) is 4.39 Å². The van der Waals surface area contributed by atoms with E-state index < -0.39 is 30.2 Å². The first kappa shape index (κ1) is 13.1. The molecule has 0 heterocycles. The van der Waals surface area contributed by atoms with Crippen molar-refractivity contribution in [1.82, 2.24) is 0 Å². The first-order valence-electron chi connectivity index (χ1n) is 4.57. The van der Waals surface area contributed by atoms with Gasteiger partial charge in [0, 0.05) is 14.2 Å². The van der Waals surface area contributed by atoms with Crippen molar-refractivity contribution < 1.29 is 28.1 Å². The Morgan fingerprint density at radius 2 is 2.06 bits per heavy atom. The summed E-state index contributed by atoms with van der Waals surface area (Å²) in [7, 11) is 3.43. The first-order valence-corrected chi connectivity index (χ1v) is 4.57. The minimum atomic E-state index is -2.57. The third-order valence-electron chi connectivity index (χ3n) is 2.43. The lowest BCUT2D eigenvalue weighted by molar-refractivity contribution is -0.187. The molecule has 0 amide bonds. The van der Waals surface area contributed by atoms with Crippen molar-refractivity contribution in [2.75, 3.05) is 27.9 Å². The predicted octanol–water partition coefficient (Wildman–Crippen LogP) is 1.07. The number of alkyl halides is 1. The first-order chi connectivity index (χ1) is 7.54. The third kappa shape index (κ3) is 1.83. The quantitative estimate of drug-likeness (QED) is 0.793. The van der Waals surface area contributed by atoms with Crippen molar-refractivity contribution in [2.24, 2.45) is 0 Å². The fourth-order valence-corrected chi connectivity index (χ4v) is 1.69. The van der Waals surface area contributed by atoms with Crippen molar-refractivity contribution in [3.63, 3.8) is 0 Å². The largest absolute Gasteiger partial charge is 0.492 e. The van der Waals surface area contributed by atoms with Gasteiger partial charge in [0.1, 0.15) is 6.10 Å². The molecule has 0 radical (unpaired) electrons. The lowest BCUT2D eigenvalue weighted by Crippen LogP contribution is -2.47. The highest BCUT2D eigenvalue weighted by molar-refractivity contribution is 5.36. The lowest BCUT2D eigenvalue weighted by atomic mass is 9.95. The van der Waals surface area contributed by atoms with E-state index in [-0.39, 0.29) is 5.57 Å². The van der Waals surface area contributed by atoms with Gasteiger partial charge in [-0.05, 0) is 11.6 Å². The van der Waals surface area contributed by atoms with Crippen LogP contribution in [0.2, 0.25) is 0 Å². The normalized spacial score (nSPS) is 30.4. The van der Waals surface area contributed by atoms with E-state index in [9.17, 15) is 8.78 Å². The summed E-state index contributed by atoms with van der Waals surface area (Å²) in [5.41, 5.74) is 0.0464. The molecule has 2 atom stereocenters. The fraction of sp³-hybridized carbons (Fsp3) is 0.600. The molecule has 92 valence electrons. The maximum Gasteiger partial charge on any atom is 0.300 e. The summed E-state index contributed by atoms with van der Waals surface area (Å²) < 4.78 is 42.0. The average Bonchev–Trinajstić information content (AvgIpc) is 2.28. The number of allylic oxidation sites excluding steroid dienone is 2. The van der Waals surface area contributed by atoms with Gasteiger partial charge in [-0.3, -0.25) is 0 Å². The Balaban J connectivity index is 3.28. The summed E-state index contributed by atoms with van der Waals surface area (Å²) in [4.78, 5) is 0. The minimum absolute atomic E-state index is 0.0464. The van der Waals surface area contributed by atoms with Gasteiger partial charge in [-0.1, -0.05) is 0 Å². The molecule has 0 aromatic rings. The van der Waals surface area contributed by atoms with Gasteiger partial charge in [-0.15, -0.1) is 0 Å². The maximum absolute atomic E-state index is 14.4. The Morgan fingerprint density at radius 1 is 1.44 bits per heavy atom. The molecule has 0 bridgehead atoms. The Kier molecular flexibility index (Phi) is 4.01. The average molecular weight is 236 g/mol. The highest BCUT2D eigenvalue weighted by Crippen LogP contribution is 2.39. The van der Waals surface area contributed by atoms with Gasteiger partial charge in [0.15, 0.2) is 11.6 Å². The van der Waals surface area contributed by atoms with Crippen LogP contribution in [0, 0.1) is 0 Å². The van der Waals surface area contributed by atoms with E-state index in [1.165, 1.54) is 7.11 Å². The summed E-state index contributed by atoms with van der Waals surface area (Å²) in [5.74, 6) is -4.09. The van der Waals surface area contributed by atoms with Crippen LogP contribution in [0.5, 0.6) is 0 Å². The van der Waals surface area contributed by atoms with Crippen molar-refractivity contribution in [3.8, 4) is 0 Å². The number of hydrogen-bond donors (Lipinski definition) is 1. The van der Waals surface area contributed by atoms with E-state index in [1.54, 1.807) is 0 Å². The summed E-state index contributed by atoms with van der Waals surface area (Å²) in [6, 6.07) is 0. The highest BCUT2D eigenvalue weighted by atomic mass is 19.2. The zero-order chi connectivity index (χ0) is 12.3. The van der Waals surface area contributed by atoms with Crippen molar-refractivity contribution in [2.45, 2.75) is 12.0 Å². The second-order valence-corrected chi connectivity index (χ2v) is 3.22. The van der Waals surface area contributed by atoms with E-state index >= 15 is 0 Å². The van der Waals surface area contributed by atoms with Crippen molar-refractivity contribution in [1.29, 1.82) is 0 Å². The lowest BCUT2D eigenvalue weighted by Gasteiger charge is -2.35. The van der Waals surface area contributed by atoms with Crippen LogP contribution >= 0.6 is 0 Å². The third-order valence-corrected chi connectivity index (χ3v) is 2.43. The monoisotopic (exact) mass is 236 g/mol. The number of methoxy groups -OCH3 is 3. The molecule has 2 unspecified atom stereocenters. The zero-order valence-electron chi connectivity index (χ0n) is 9.29. The number of aliphatic hydroxyl groups excluding tert-OH is 1. The topological polar surface area (TPSA) is 47.9 Å². The van der Waals surface area contributed by atoms with Crippen LogP contribution in [0.4, 0.5) is 8.78 Å². The molecule has 0 fully saturated rings. The fourth-order valence-electron chi connectivity index (χ4n) is 1.69. The molecule has 0 aromatic heterocycles. The number of aliphatic hydroxyl groups is 1. The highest BCUT2D eigenvalue weighted by Gasteiger charge is 2.51. The molecule has 1 aliphatic carbocycles. The van der Waals surface area contributed by atoms with Gasteiger partial charge in [0.25, 0.3) is 5.85 Å². The molecule has 0 saturated carbocycles. The van der Waals surface area contributed by atoms with E-state index in [0.29, 0.717) is 0 Å². The van der Waals surface area contributed by atoms with E-state index in [1.807, 2.05) is 0 Å². The summed E-state index contributed by atoms with van der Waals surface area (Å²) >= 11 is 0. The van der Waals surface area contributed by atoms with Crippen LogP contribution in [0.25, 0.3) is 0 Å². The van der Waals surface area contributed by atoms with E-state index in [2.05, 4.69) is 9.47 Å². The number of ether oxygens (including phenoxy) is 3. The smallest absolute Gasteiger partial charge is 0.300 e. The van der Waals surface area contributed by atoms with Crippen LogP contribution < -0.4 is 0 Å². The Labute approximate surface area is 92.1 Å². The molecule has 1 N–H and O–H groups in total. The molecule has 0 saturated heterocycles. The molecule has 0 spiro atoms. The van der Waals surface area contributed by atoms with Crippen molar-refractivity contribution >= 4 is 0 Å². The molecular formula is C10H14F2O4. The van der Waals surface area contributed by atoms with Gasteiger partial charge in [0.05, 0.1) is 13.7 Å². The molecule has 4 nitrogen and oxygen atoms in total. The number of halogens is 2. The van der Waals surface area contributed by atoms with Crippen LogP contribution in [0.1, 0.15) is 0 Å². The van der Waals surface area contributed by atoms with Crippen LogP contribution in [-0.4, -0.2) is 45.0 Å². The minimum Gasteiger partial charge on any atom is -0.492 e. The zero-order valence-corrected chi connectivity index (χ0v) is 9.29. The second kappa shape index (κ2) is 4.90. The molecular weight excluding hydrogens is 222 g/mol. The molecule has 6 heteroatoms. The Bertz CT molecular complexity index is 327. The van der Waals surface area contributed by atoms with Gasteiger partial charge < -0.3 is 19.3 Å². The van der Waals surface area contributed by atoms with Crippen LogP contribution in [-0.2, 0) is 14.2 Å². The molecule has 1 rings (SSSR count). The Hall–Kier alpha value is -0.980. The van der Waals surface area contributed by atoms with E-state index in [4.69, 9.17) is 9.84 Å². The number of rotatable bonds is 4. The summed E-state index contributed by atoms with van der Waals surface area (Å²) in [6.07, 6.45) is -0.263. The van der Waals surface area contributed by atoms with Crippen LogP contribution in [0.15, 0.2) is 23.2 Å². The van der Waals surface area contributed by atoms with E-state index in [0.717, 1.165) is 20.3 Å². The van der Waals surface area contributed by atoms with Crippen molar-refractivity contribution in [3.05, 3.63) is 23.2 Å². The molecule has 0 aromatic carbocycles. The molecule has 1 aliphatic rings. The predicted molar refractivity (Wildman–Crippen MR) is 52.0 cm³/mol. The summed E-state index contributed by atoms with van der Waals surface area (Å²) in [6.45, 7) is -0.530. The Morgan fingerprint density at radius 3 is 2.44 bits per heavy atom. The van der Waals surface area contributed by atoms with Gasteiger partial charge in [-0.2, -0.15) is 4.39 Å².